The molecule has 0 saturated carbocycles. The third-order valence-corrected chi connectivity index (χ3v) is 7.48. The van der Waals surface area contributed by atoms with Crippen LogP contribution in [-0.4, -0.2) is 45.5 Å². The van der Waals surface area contributed by atoms with Crippen LogP contribution in [0.25, 0.3) is 0 Å². The highest BCUT2D eigenvalue weighted by atomic mass is 32.2. The minimum atomic E-state index is -3.89. The monoisotopic (exact) mass is 484 g/mol. The van der Waals surface area contributed by atoms with E-state index >= 15 is 0 Å². The van der Waals surface area contributed by atoms with Gasteiger partial charge in [0.1, 0.15) is 5.75 Å². The fourth-order valence-electron chi connectivity index (χ4n) is 3.80. The largest absolute Gasteiger partial charge is 0.495 e. The second kappa shape index (κ2) is 10.1. The van der Waals surface area contributed by atoms with Crippen molar-refractivity contribution in [2.75, 3.05) is 25.1 Å². The van der Waals surface area contributed by atoms with Gasteiger partial charge in [0.15, 0.2) is 6.61 Å². The summed E-state index contributed by atoms with van der Waals surface area (Å²) < 4.78 is 39.7. The van der Waals surface area contributed by atoms with Gasteiger partial charge in [-0.25, -0.2) is 13.2 Å². The molecule has 1 heterocycles. The molecule has 0 radical (unpaired) electrons. The molecule has 0 amide bonds. The van der Waals surface area contributed by atoms with E-state index in [4.69, 9.17) is 9.47 Å². The van der Waals surface area contributed by atoms with Crippen LogP contribution in [0.2, 0.25) is 0 Å². The number of anilines is 1. The summed E-state index contributed by atoms with van der Waals surface area (Å²) in [5, 5.41) is 0. The predicted molar refractivity (Wildman–Crippen MR) is 129 cm³/mol. The average molecular weight is 485 g/mol. The number of para-hydroxylation sites is 2. The van der Waals surface area contributed by atoms with Gasteiger partial charge >= 0.3 is 5.97 Å². The minimum absolute atomic E-state index is 0.000498. The van der Waals surface area contributed by atoms with Crippen molar-refractivity contribution in [2.24, 2.45) is 0 Å². The van der Waals surface area contributed by atoms with Crippen LogP contribution < -0.4 is 9.04 Å². The van der Waals surface area contributed by atoms with E-state index in [9.17, 15) is 18.0 Å². The standard InChI is InChI=1S/C25H28N2O6S/c1-6-27-17(2)15-21(18(27)3)23(28)16-33-25(29)19-11-13-20(14-12-19)34(30,31)26(4)22-9-7-8-10-24(22)32-5/h7-15H,6,16H2,1-5H3. The van der Waals surface area contributed by atoms with Gasteiger partial charge in [0.05, 0.1) is 23.3 Å². The Hall–Kier alpha value is -3.59. The topological polar surface area (TPSA) is 94.9 Å². The van der Waals surface area contributed by atoms with Crippen LogP contribution in [0.1, 0.15) is 39.0 Å². The second-order valence-corrected chi connectivity index (χ2v) is 9.67. The number of sulfonamides is 1. The third-order valence-electron chi connectivity index (χ3n) is 5.70. The maximum atomic E-state index is 13.0. The van der Waals surface area contributed by atoms with Crippen molar-refractivity contribution in [1.82, 2.24) is 4.57 Å². The number of rotatable bonds is 9. The molecule has 2 aromatic carbocycles. The first-order chi connectivity index (χ1) is 16.1. The number of hydrogen-bond donors (Lipinski definition) is 0. The lowest BCUT2D eigenvalue weighted by Crippen LogP contribution is -2.27. The summed E-state index contributed by atoms with van der Waals surface area (Å²) in [6.45, 7) is 6.11. The SMILES string of the molecule is CCn1c(C)cc(C(=O)COC(=O)c2ccc(S(=O)(=O)N(C)c3ccccc3OC)cc2)c1C. The number of esters is 1. The van der Waals surface area contributed by atoms with Crippen molar-refractivity contribution < 1.29 is 27.5 Å². The number of carbonyl (C=O) groups excluding carboxylic acids is 2. The summed E-state index contributed by atoms with van der Waals surface area (Å²) in [6, 6.07) is 13.9. The highest BCUT2D eigenvalue weighted by molar-refractivity contribution is 7.92. The zero-order valence-electron chi connectivity index (χ0n) is 19.9. The number of nitrogens with zero attached hydrogens (tertiary/aromatic N) is 2. The Balaban J connectivity index is 1.71. The molecule has 8 nitrogen and oxygen atoms in total. The van der Waals surface area contributed by atoms with Gasteiger partial charge < -0.3 is 14.0 Å². The highest BCUT2D eigenvalue weighted by Gasteiger charge is 2.24. The quantitative estimate of drug-likeness (QED) is 0.337. The average Bonchev–Trinajstić information content (AvgIpc) is 3.14. The van der Waals surface area contributed by atoms with E-state index in [1.165, 1.54) is 38.4 Å². The molecule has 180 valence electrons. The highest BCUT2D eigenvalue weighted by Crippen LogP contribution is 2.30. The molecule has 3 aromatic rings. The normalized spacial score (nSPS) is 11.2. The van der Waals surface area contributed by atoms with Crippen LogP contribution in [0, 0.1) is 13.8 Å². The van der Waals surface area contributed by atoms with E-state index in [1.807, 2.05) is 25.3 Å². The summed E-state index contributed by atoms with van der Waals surface area (Å²) in [5.41, 5.74) is 2.84. The van der Waals surface area contributed by atoms with E-state index in [0.29, 0.717) is 17.0 Å². The number of ether oxygens (including phenoxy) is 2. The molecular weight excluding hydrogens is 456 g/mol. The third kappa shape index (κ3) is 4.84. The van der Waals surface area contributed by atoms with Crippen LogP contribution in [-0.2, 0) is 21.3 Å². The number of hydrogen-bond acceptors (Lipinski definition) is 6. The van der Waals surface area contributed by atoms with Gasteiger partial charge in [-0.1, -0.05) is 12.1 Å². The molecule has 0 N–H and O–H groups in total. The van der Waals surface area contributed by atoms with Crippen LogP contribution in [0.15, 0.2) is 59.5 Å². The van der Waals surface area contributed by atoms with E-state index < -0.39 is 22.6 Å². The first-order valence-electron chi connectivity index (χ1n) is 10.7. The molecule has 0 aliphatic heterocycles. The summed E-state index contributed by atoms with van der Waals surface area (Å²) in [6.07, 6.45) is 0. The van der Waals surface area contributed by atoms with Crippen LogP contribution in [0.5, 0.6) is 5.75 Å². The second-order valence-electron chi connectivity index (χ2n) is 7.70. The molecule has 0 saturated heterocycles. The molecule has 9 heteroatoms. The molecule has 0 aliphatic rings. The van der Waals surface area contributed by atoms with Gasteiger partial charge in [-0.05, 0) is 63.2 Å². The van der Waals surface area contributed by atoms with Crippen molar-refractivity contribution in [2.45, 2.75) is 32.2 Å². The summed E-state index contributed by atoms with van der Waals surface area (Å²) in [5.74, 6) is -0.586. The zero-order chi connectivity index (χ0) is 25.0. The van der Waals surface area contributed by atoms with Gasteiger partial charge in [-0.2, -0.15) is 0 Å². The number of aryl methyl sites for hydroxylation is 1. The zero-order valence-corrected chi connectivity index (χ0v) is 20.7. The number of methoxy groups -OCH3 is 1. The minimum Gasteiger partial charge on any atom is -0.495 e. The fourth-order valence-corrected chi connectivity index (χ4v) is 5.01. The van der Waals surface area contributed by atoms with Gasteiger partial charge in [0, 0.05) is 30.5 Å². The van der Waals surface area contributed by atoms with E-state index in [-0.39, 0.29) is 16.2 Å². The Kier molecular flexibility index (Phi) is 7.46. The Labute approximate surface area is 199 Å². The number of aromatic nitrogens is 1. The van der Waals surface area contributed by atoms with Crippen LogP contribution in [0.4, 0.5) is 5.69 Å². The Morgan fingerprint density at radius 2 is 1.68 bits per heavy atom. The Bertz CT molecular complexity index is 1310. The van der Waals surface area contributed by atoms with Gasteiger partial charge in [-0.15, -0.1) is 0 Å². The van der Waals surface area contributed by atoms with Crippen molar-refractivity contribution >= 4 is 27.5 Å². The summed E-state index contributed by atoms with van der Waals surface area (Å²) >= 11 is 0. The number of Topliss-reactive ketones (excluding diaryl/α,β-unsaturated/α-hetero) is 1. The smallest absolute Gasteiger partial charge is 0.338 e. The van der Waals surface area contributed by atoms with Gasteiger partial charge in [0.2, 0.25) is 5.78 Å². The molecule has 0 atom stereocenters. The summed E-state index contributed by atoms with van der Waals surface area (Å²) in [7, 11) is -1.00. The van der Waals surface area contributed by atoms with Crippen molar-refractivity contribution in [3.8, 4) is 5.75 Å². The number of ketones is 1. The molecule has 34 heavy (non-hydrogen) atoms. The lowest BCUT2D eigenvalue weighted by Gasteiger charge is -2.21. The van der Waals surface area contributed by atoms with E-state index in [2.05, 4.69) is 0 Å². The lowest BCUT2D eigenvalue weighted by atomic mass is 10.1. The molecule has 0 aliphatic carbocycles. The first-order valence-corrected chi connectivity index (χ1v) is 12.1. The van der Waals surface area contributed by atoms with Crippen LogP contribution in [0.3, 0.4) is 0 Å². The van der Waals surface area contributed by atoms with Crippen molar-refractivity contribution in [1.29, 1.82) is 0 Å². The Morgan fingerprint density at radius 3 is 2.26 bits per heavy atom. The predicted octanol–water partition coefficient (Wildman–Crippen LogP) is 4.00. The van der Waals surface area contributed by atoms with Gasteiger partial charge in [-0.3, -0.25) is 9.10 Å². The summed E-state index contributed by atoms with van der Waals surface area (Å²) in [4.78, 5) is 25.0. The van der Waals surface area contributed by atoms with E-state index in [0.717, 1.165) is 22.2 Å². The number of benzene rings is 2. The van der Waals surface area contributed by atoms with Gasteiger partial charge in [0.25, 0.3) is 10.0 Å². The Morgan fingerprint density at radius 1 is 1.03 bits per heavy atom. The molecular formula is C25H28N2O6S. The molecule has 0 bridgehead atoms. The fraction of sp³-hybridized carbons (Fsp3) is 0.280. The van der Waals surface area contributed by atoms with Crippen molar-refractivity contribution in [3.05, 3.63) is 77.1 Å². The van der Waals surface area contributed by atoms with Crippen molar-refractivity contribution in [3.63, 3.8) is 0 Å². The first kappa shape index (κ1) is 25.0. The maximum absolute atomic E-state index is 13.0. The molecule has 0 fully saturated rings. The van der Waals surface area contributed by atoms with E-state index in [1.54, 1.807) is 30.3 Å². The molecule has 0 unspecified atom stereocenters. The lowest BCUT2D eigenvalue weighted by molar-refractivity contribution is 0.0474. The molecule has 3 rings (SSSR count). The maximum Gasteiger partial charge on any atom is 0.338 e. The molecule has 0 spiro atoms. The number of carbonyl (C=O) groups is 2. The molecule has 1 aromatic heterocycles. The van der Waals surface area contributed by atoms with Crippen LogP contribution >= 0.6 is 0 Å².